The first-order chi connectivity index (χ1) is 10.8. The third-order valence-corrected chi connectivity index (χ3v) is 3.30. The van der Waals surface area contributed by atoms with Gasteiger partial charge in [0.05, 0.1) is 17.3 Å². The van der Waals surface area contributed by atoms with Crippen LogP contribution < -0.4 is 5.32 Å². The Morgan fingerprint density at radius 2 is 1.95 bits per heavy atom. The van der Waals surface area contributed by atoms with E-state index in [-0.39, 0.29) is 11.9 Å². The summed E-state index contributed by atoms with van der Waals surface area (Å²) in [5, 5.41) is 14.0. The number of carbonyl (C=O) groups excluding carboxylic acids is 1. The molecule has 0 aliphatic rings. The van der Waals surface area contributed by atoms with Gasteiger partial charge in [0, 0.05) is 12.4 Å². The van der Waals surface area contributed by atoms with Gasteiger partial charge in [-0.05, 0) is 47.2 Å². The summed E-state index contributed by atoms with van der Waals surface area (Å²) in [6.45, 7) is 1.92. The molecule has 7 heteroatoms. The molecule has 110 valence electrons. The molecule has 2 aromatic heterocycles. The average Bonchev–Trinajstić information content (AvgIpc) is 3.10. The van der Waals surface area contributed by atoms with Crippen LogP contribution in [0.3, 0.4) is 0 Å². The van der Waals surface area contributed by atoms with Gasteiger partial charge in [0.2, 0.25) is 0 Å². The number of hydrogen-bond acceptors (Lipinski definition) is 5. The predicted molar refractivity (Wildman–Crippen MR) is 79.3 cm³/mol. The van der Waals surface area contributed by atoms with Crippen LogP contribution in [-0.4, -0.2) is 31.1 Å². The fraction of sp³-hybridized carbons (Fsp3) is 0.133. The minimum atomic E-state index is -0.185. The Morgan fingerprint density at radius 1 is 1.18 bits per heavy atom. The van der Waals surface area contributed by atoms with Crippen molar-refractivity contribution in [1.82, 2.24) is 30.5 Å². The third-order valence-electron chi connectivity index (χ3n) is 3.30. The average molecular weight is 294 g/mol. The van der Waals surface area contributed by atoms with Gasteiger partial charge in [-0.2, -0.15) is 4.68 Å². The van der Waals surface area contributed by atoms with Gasteiger partial charge in [0.25, 0.3) is 5.91 Å². The van der Waals surface area contributed by atoms with E-state index in [1.165, 1.54) is 11.0 Å². The van der Waals surface area contributed by atoms with E-state index in [1.807, 2.05) is 25.1 Å². The number of rotatable bonds is 4. The van der Waals surface area contributed by atoms with Gasteiger partial charge in [-0.15, -0.1) is 5.10 Å². The molecular formula is C15H14N6O. The largest absolute Gasteiger partial charge is 0.345 e. The number of aromatic nitrogens is 5. The van der Waals surface area contributed by atoms with Crippen LogP contribution in [0.25, 0.3) is 5.69 Å². The molecule has 3 aromatic rings. The quantitative estimate of drug-likeness (QED) is 0.789. The van der Waals surface area contributed by atoms with Crippen molar-refractivity contribution < 1.29 is 4.79 Å². The van der Waals surface area contributed by atoms with Gasteiger partial charge in [-0.25, -0.2) is 0 Å². The Hall–Kier alpha value is -3.09. The van der Waals surface area contributed by atoms with Crippen LogP contribution in [0.4, 0.5) is 0 Å². The summed E-state index contributed by atoms with van der Waals surface area (Å²) in [4.78, 5) is 16.5. The maximum Gasteiger partial charge on any atom is 0.253 e. The van der Waals surface area contributed by atoms with Crippen molar-refractivity contribution in [2.24, 2.45) is 0 Å². The topological polar surface area (TPSA) is 85.6 Å². The molecule has 22 heavy (non-hydrogen) atoms. The van der Waals surface area contributed by atoms with Gasteiger partial charge in [0.15, 0.2) is 0 Å². The lowest BCUT2D eigenvalue weighted by molar-refractivity contribution is 0.0939. The summed E-state index contributed by atoms with van der Waals surface area (Å²) in [5.74, 6) is -0.185. The third kappa shape index (κ3) is 2.83. The zero-order valence-corrected chi connectivity index (χ0v) is 11.9. The van der Waals surface area contributed by atoms with Crippen molar-refractivity contribution in [3.05, 3.63) is 66.2 Å². The first-order valence-corrected chi connectivity index (χ1v) is 6.79. The van der Waals surface area contributed by atoms with E-state index in [0.29, 0.717) is 11.3 Å². The summed E-state index contributed by atoms with van der Waals surface area (Å²) < 4.78 is 1.46. The monoisotopic (exact) mass is 294 g/mol. The van der Waals surface area contributed by atoms with Gasteiger partial charge >= 0.3 is 0 Å². The first kappa shape index (κ1) is 13.9. The fourth-order valence-electron chi connectivity index (χ4n) is 2.15. The highest BCUT2D eigenvalue weighted by Crippen LogP contribution is 2.16. The number of benzene rings is 1. The second kappa shape index (κ2) is 6.13. The number of amides is 1. The zero-order chi connectivity index (χ0) is 15.4. The number of carbonyl (C=O) groups is 1. The van der Waals surface area contributed by atoms with Crippen LogP contribution in [0.2, 0.25) is 0 Å². The van der Waals surface area contributed by atoms with E-state index < -0.39 is 0 Å². The van der Waals surface area contributed by atoms with E-state index in [9.17, 15) is 4.79 Å². The molecule has 3 rings (SSSR count). The highest BCUT2D eigenvalue weighted by molar-refractivity contribution is 5.97. The maximum atomic E-state index is 12.5. The molecule has 1 N–H and O–H groups in total. The number of tetrazole rings is 1. The first-order valence-electron chi connectivity index (χ1n) is 6.79. The summed E-state index contributed by atoms with van der Waals surface area (Å²) in [6, 6.07) is 10.8. The van der Waals surface area contributed by atoms with Gasteiger partial charge in [-0.1, -0.05) is 12.1 Å². The molecular weight excluding hydrogens is 280 g/mol. The molecule has 0 saturated heterocycles. The smallest absolute Gasteiger partial charge is 0.253 e. The highest BCUT2D eigenvalue weighted by Gasteiger charge is 2.16. The number of pyridine rings is 1. The number of hydrogen-bond donors (Lipinski definition) is 1. The summed E-state index contributed by atoms with van der Waals surface area (Å²) in [7, 11) is 0. The molecule has 2 heterocycles. The normalized spacial score (nSPS) is 11.9. The van der Waals surface area contributed by atoms with Gasteiger partial charge in [-0.3, -0.25) is 9.78 Å². The maximum absolute atomic E-state index is 12.5. The van der Waals surface area contributed by atoms with E-state index >= 15 is 0 Å². The van der Waals surface area contributed by atoms with Gasteiger partial charge in [0.1, 0.15) is 6.33 Å². The van der Waals surface area contributed by atoms with Crippen LogP contribution in [0.5, 0.6) is 0 Å². The van der Waals surface area contributed by atoms with Gasteiger partial charge < -0.3 is 5.32 Å². The Kier molecular flexibility index (Phi) is 3.86. The Labute approximate surface area is 127 Å². The Balaban J connectivity index is 1.84. The van der Waals surface area contributed by atoms with Crippen molar-refractivity contribution >= 4 is 5.91 Å². The van der Waals surface area contributed by atoms with Crippen LogP contribution in [0.15, 0.2) is 55.1 Å². The second-order valence-corrected chi connectivity index (χ2v) is 4.75. The molecule has 0 aliphatic carbocycles. The molecule has 0 saturated carbocycles. The molecule has 0 spiro atoms. The van der Waals surface area contributed by atoms with Crippen molar-refractivity contribution in [2.45, 2.75) is 13.0 Å². The van der Waals surface area contributed by atoms with Crippen LogP contribution >= 0.6 is 0 Å². The van der Waals surface area contributed by atoms with E-state index in [2.05, 4.69) is 25.8 Å². The minimum absolute atomic E-state index is 0.127. The summed E-state index contributed by atoms with van der Waals surface area (Å²) >= 11 is 0. The molecule has 0 radical (unpaired) electrons. The van der Waals surface area contributed by atoms with Crippen molar-refractivity contribution in [3.63, 3.8) is 0 Å². The lowest BCUT2D eigenvalue weighted by atomic mass is 10.1. The molecule has 1 aromatic carbocycles. The van der Waals surface area contributed by atoms with Crippen molar-refractivity contribution in [1.29, 1.82) is 0 Å². The molecule has 0 fully saturated rings. The zero-order valence-electron chi connectivity index (χ0n) is 11.9. The predicted octanol–water partition coefficient (Wildman–Crippen LogP) is 1.55. The second-order valence-electron chi connectivity index (χ2n) is 4.75. The molecule has 1 amide bonds. The molecule has 1 unspecified atom stereocenters. The summed E-state index contributed by atoms with van der Waals surface area (Å²) in [6.07, 6.45) is 4.86. The Bertz CT molecular complexity index is 757. The van der Waals surface area contributed by atoms with E-state index in [0.717, 1.165) is 5.56 Å². The molecule has 7 nitrogen and oxygen atoms in total. The SMILES string of the molecule is CC(NC(=O)c1ccccc1-n1cnnn1)c1ccncc1. The highest BCUT2D eigenvalue weighted by atomic mass is 16.1. The fourth-order valence-corrected chi connectivity index (χ4v) is 2.15. The van der Waals surface area contributed by atoms with Crippen molar-refractivity contribution in [2.75, 3.05) is 0 Å². The standard InChI is InChI=1S/C15H14N6O/c1-11(12-6-8-16-9-7-12)18-15(22)13-4-2-3-5-14(13)21-10-17-19-20-21/h2-11H,1H3,(H,18,22). The van der Waals surface area contributed by atoms with E-state index in [4.69, 9.17) is 0 Å². The molecule has 0 aliphatic heterocycles. The van der Waals surface area contributed by atoms with Crippen molar-refractivity contribution in [3.8, 4) is 5.69 Å². The molecule has 0 bridgehead atoms. The molecule has 1 atom stereocenters. The minimum Gasteiger partial charge on any atom is -0.345 e. The summed E-state index contributed by atoms with van der Waals surface area (Å²) in [5.41, 5.74) is 2.13. The number of nitrogens with one attached hydrogen (secondary N) is 1. The number of nitrogens with zero attached hydrogens (tertiary/aromatic N) is 5. The van der Waals surface area contributed by atoms with Crippen LogP contribution in [0, 0.1) is 0 Å². The number of para-hydroxylation sites is 1. The van der Waals surface area contributed by atoms with Crippen LogP contribution in [-0.2, 0) is 0 Å². The van der Waals surface area contributed by atoms with Crippen LogP contribution in [0.1, 0.15) is 28.9 Å². The lowest BCUT2D eigenvalue weighted by Gasteiger charge is -2.15. The lowest BCUT2D eigenvalue weighted by Crippen LogP contribution is -2.27. The van der Waals surface area contributed by atoms with E-state index in [1.54, 1.807) is 30.6 Å². The Morgan fingerprint density at radius 3 is 2.68 bits per heavy atom.